The Morgan fingerprint density at radius 1 is 1.54 bits per heavy atom. The molecule has 0 aliphatic rings. The van der Waals surface area contributed by atoms with Crippen LogP contribution in [-0.4, -0.2) is 17.8 Å². The second-order valence-corrected chi connectivity index (χ2v) is 4.03. The average Bonchev–Trinajstić information content (AvgIpc) is 2.13. The summed E-state index contributed by atoms with van der Waals surface area (Å²) in [6.07, 6.45) is 0.724. The normalized spacial score (nSPS) is 12.9. The van der Waals surface area contributed by atoms with Crippen LogP contribution >= 0.6 is 15.9 Å². The van der Waals surface area contributed by atoms with E-state index in [4.69, 9.17) is 10.8 Å². The van der Waals surface area contributed by atoms with E-state index in [0.29, 0.717) is 0 Å². The van der Waals surface area contributed by atoms with E-state index in [1.165, 1.54) is 11.1 Å². The predicted molar refractivity (Wildman–Crippen MR) is 57.6 cm³/mol. The Labute approximate surface area is 86.9 Å². The highest BCUT2D eigenvalue weighted by Crippen LogP contribution is 2.20. The molecule has 0 aromatic heterocycles. The molecule has 0 spiro atoms. The summed E-state index contributed by atoms with van der Waals surface area (Å²) < 4.78 is 1.09. The summed E-state index contributed by atoms with van der Waals surface area (Å²) in [5.41, 5.74) is 8.05. The summed E-state index contributed by atoms with van der Waals surface area (Å²) in [4.78, 5) is 0. The third kappa shape index (κ3) is 2.79. The number of aliphatic hydroxyl groups excluding tert-OH is 1. The van der Waals surface area contributed by atoms with Crippen molar-refractivity contribution >= 4 is 15.9 Å². The van der Waals surface area contributed by atoms with Gasteiger partial charge in [-0.1, -0.05) is 28.1 Å². The summed E-state index contributed by atoms with van der Waals surface area (Å²) in [5.74, 6) is 0. The van der Waals surface area contributed by atoms with Crippen molar-refractivity contribution in [1.29, 1.82) is 0 Å². The topological polar surface area (TPSA) is 46.2 Å². The van der Waals surface area contributed by atoms with Crippen molar-refractivity contribution in [3.8, 4) is 0 Å². The summed E-state index contributed by atoms with van der Waals surface area (Å²) >= 11 is 3.45. The van der Waals surface area contributed by atoms with Gasteiger partial charge in [-0.15, -0.1) is 0 Å². The number of rotatable bonds is 3. The van der Waals surface area contributed by atoms with E-state index in [2.05, 4.69) is 15.9 Å². The van der Waals surface area contributed by atoms with Gasteiger partial charge < -0.3 is 10.8 Å². The van der Waals surface area contributed by atoms with Crippen molar-refractivity contribution < 1.29 is 5.11 Å². The molecule has 3 N–H and O–H groups in total. The summed E-state index contributed by atoms with van der Waals surface area (Å²) in [7, 11) is 0. The van der Waals surface area contributed by atoms with Crippen LogP contribution in [0.25, 0.3) is 0 Å². The summed E-state index contributed by atoms with van der Waals surface area (Å²) in [6.45, 7) is 2.08. The summed E-state index contributed by atoms with van der Waals surface area (Å²) in [5, 5.41) is 8.82. The minimum atomic E-state index is -0.159. The molecule has 1 atom stereocenters. The van der Waals surface area contributed by atoms with Gasteiger partial charge in [-0.25, -0.2) is 0 Å². The maximum Gasteiger partial charge on any atom is 0.0585 e. The first-order valence-corrected chi connectivity index (χ1v) is 5.05. The molecule has 0 aliphatic carbocycles. The molecule has 1 aromatic carbocycles. The molecule has 0 saturated carbocycles. The number of benzene rings is 1. The molecular weight excluding hydrogens is 230 g/mol. The summed E-state index contributed by atoms with van der Waals surface area (Å²) in [6, 6.07) is 5.86. The van der Waals surface area contributed by atoms with E-state index in [0.717, 1.165) is 10.9 Å². The molecule has 1 unspecified atom stereocenters. The fourth-order valence-electron chi connectivity index (χ4n) is 1.22. The van der Waals surface area contributed by atoms with Crippen molar-refractivity contribution in [2.75, 3.05) is 6.61 Å². The first-order valence-electron chi connectivity index (χ1n) is 4.25. The van der Waals surface area contributed by atoms with Crippen molar-refractivity contribution in [2.24, 2.45) is 5.73 Å². The standard InChI is InChI=1S/C10H14BrNO/c1-7-8(5-9(12)6-13)3-2-4-10(7)11/h2-4,9,13H,5-6,12H2,1H3. The Bertz CT molecular complexity index is 288. The Balaban J connectivity index is 2.83. The van der Waals surface area contributed by atoms with E-state index >= 15 is 0 Å². The van der Waals surface area contributed by atoms with E-state index in [9.17, 15) is 0 Å². The highest BCUT2D eigenvalue weighted by atomic mass is 79.9. The number of aliphatic hydroxyl groups is 1. The van der Waals surface area contributed by atoms with E-state index in [1.54, 1.807) is 0 Å². The van der Waals surface area contributed by atoms with E-state index in [-0.39, 0.29) is 12.6 Å². The van der Waals surface area contributed by atoms with Crippen LogP contribution in [0.3, 0.4) is 0 Å². The van der Waals surface area contributed by atoms with Crippen LogP contribution in [-0.2, 0) is 6.42 Å². The molecule has 2 nitrogen and oxygen atoms in total. The number of halogens is 1. The second kappa shape index (κ2) is 4.74. The fraction of sp³-hybridized carbons (Fsp3) is 0.400. The van der Waals surface area contributed by atoms with Gasteiger partial charge in [-0.05, 0) is 30.5 Å². The van der Waals surface area contributed by atoms with Gasteiger partial charge in [0.1, 0.15) is 0 Å². The lowest BCUT2D eigenvalue weighted by molar-refractivity contribution is 0.265. The highest BCUT2D eigenvalue weighted by molar-refractivity contribution is 9.10. The maximum atomic E-state index is 8.82. The van der Waals surface area contributed by atoms with Crippen molar-refractivity contribution in [3.05, 3.63) is 33.8 Å². The van der Waals surface area contributed by atoms with Gasteiger partial charge in [-0.2, -0.15) is 0 Å². The van der Waals surface area contributed by atoms with Gasteiger partial charge in [-0.3, -0.25) is 0 Å². The van der Waals surface area contributed by atoms with Gasteiger partial charge in [0.05, 0.1) is 6.61 Å². The van der Waals surface area contributed by atoms with Crippen LogP contribution in [0.5, 0.6) is 0 Å². The van der Waals surface area contributed by atoms with Gasteiger partial charge >= 0.3 is 0 Å². The lowest BCUT2D eigenvalue weighted by Gasteiger charge is -2.11. The zero-order valence-electron chi connectivity index (χ0n) is 7.63. The Morgan fingerprint density at radius 2 is 2.23 bits per heavy atom. The zero-order chi connectivity index (χ0) is 9.84. The molecule has 13 heavy (non-hydrogen) atoms. The molecule has 0 bridgehead atoms. The molecule has 72 valence electrons. The van der Waals surface area contributed by atoms with E-state index in [1.807, 2.05) is 25.1 Å². The van der Waals surface area contributed by atoms with Crippen molar-refractivity contribution in [3.63, 3.8) is 0 Å². The molecule has 0 aliphatic heterocycles. The third-order valence-corrected chi connectivity index (χ3v) is 2.96. The van der Waals surface area contributed by atoms with Gasteiger partial charge in [0, 0.05) is 10.5 Å². The Morgan fingerprint density at radius 3 is 2.85 bits per heavy atom. The lowest BCUT2D eigenvalue weighted by Crippen LogP contribution is -2.27. The molecule has 0 radical (unpaired) electrons. The minimum Gasteiger partial charge on any atom is -0.395 e. The molecule has 0 fully saturated rings. The van der Waals surface area contributed by atoms with Crippen LogP contribution in [0.15, 0.2) is 22.7 Å². The number of hydrogen-bond acceptors (Lipinski definition) is 2. The number of hydrogen-bond donors (Lipinski definition) is 2. The predicted octanol–water partition coefficient (Wildman–Crippen LogP) is 1.62. The molecule has 3 heteroatoms. The minimum absolute atomic E-state index is 0.0337. The molecule has 0 amide bonds. The van der Waals surface area contributed by atoms with Crippen LogP contribution < -0.4 is 5.73 Å². The fourth-order valence-corrected chi connectivity index (χ4v) is 1.63. The molecule has 1 aromatic rings. The van der Waals surface area contributed by atoms with Gasteiger partial charge in [0.2, 0.25) is 0 Å². The Hall–Kier alpha value is -0.380. The zero-order valence-corrected chi connectivity index (χ0v) is 9.21. The lowest BCUT2D eigenvalue weighted by atomic mass is 10.0. The highest BCUT2D eigenvalue weighted by Gasteiger charge is 2.06. The molecular formula is C10H14BrNO. The van der Waals surface area contributed by atoms with Crippen LogP contribution in [0.2, 0.25) is 0 Å². The van der Waals surface area contributed by atoms with Gasteiger partial charge in [0.25, 0.3) is 0 Å². The van der Waals surface area contributed by atoms with Crippen molar-refractivity contribution in [2.45, 2.75) is 19.4 Å². The first-order chi connectivity index (χ1) is 6.15. The quantitative estimate of drug-likeness (QED) is 0.848. The number of nitrogens with two attached hydrogens (primary N) is 1. The third-order valence-electron chi connectivity index (χ3n) is 2.10. The van der Waals surface area contributed by atoms with E-state index < -0.39 is 0 Å². The first kappa shape index (κ1) is 10.7. The average molecular weight is 244 g/mol. The SMILES string of the molecule is Cc1c(Br)cccc1CC(N)CO. The van der Waals surface area contributed by atoms with Gasteiger partial charge in [0.15, 0.2) is 0 Å². The second-order valence-electron chi connectivity index (χ2n) is 3.17. The van der Waals surface area contributed by atoms with Crippen LogP contribution in [0.4, 0.5) is 0 Å². The monoisotopic (exact) mass is 243 g/mol. The Kier molecular flexibility index (Phi) is 3.90. The van der Waals surface area contributed by atoms with Crippen molar-refractivity contribution in [1.82, 2.24) is 0 Å². The molecule has 0 saturated heterocycles. The molecule has 1 rings (SSSR count). The van der Waals surface area contributed by atoms with Crippen LogP contribution in [0, 0.1) is 6.92 Å². The largest absolute Gasteiger partial charge is 0.395 e. The maximum absolute atomic E-state index is 8.82. The molecule has 0 heterocycles. The van der Waals surface area contributed by atoms with Crippen LogP contribution in [0.1, 0.15) is 11.1 Å². The smallest absolute Gasteiger partial charge is 0.0585 e.